The van der Waals surface area contributed by atoms with Crippen LogP contribution in [0.1, 0.15) is 94.2 Å². The van der Waals surface area contributed by atoms with Gasteiger partial charge in [-0.25, -0.2) is 0 Å². The molecule has 0 spiro atoms. The van der Waals surface area contributed by atoms with Crippen molar-refractivity contribution >= 4 is 23.7 Å². The third-order valence-corrected chi connectivity index (χ3v) is 12.7. The van der Waals surface area contributed by atoms with Crippen LogP contribution in [0.25, 0.3) is 0 Å². The Balaban J connectivity index is 1.08. The van der Waals surface area contributed by atoms with Gasteiger partial charge < -0.3 is 24.8 Å². The van der Waals surface area contributed by atoms with Crippen LogP contribution in [0, 0.1) is 11.8 Å². The van der Waals surface area contributed by atoms with Gasteiger partial charge in [-0.15, -0.1) is 0 Å². The van der Waals surface area contributed by atoms with Crippen LogP contribution in [0.3, 0.4) is 0 Å². The second kappa shape index (κ2) is 18.0. The highest BCUT2D eigenvalue weighted by Crippen LogP contribution is 2.43. The Morgan fingerprint density at radius 2 is 1.25 bits per heavy atom. The fraction of sp³-hybridized carbons (Fsp3) is 0.522. The van der Waals surface area contributed by atoms with Crippen LogP contribution in [-0.2, 0) is 29.3 Å². The molecule has 0 unspecified atom stereocenters. The summed E-state index contributed by atoms with van der Waals surface area (Å²) in [5.74, 6) is 0.184. The Morgan fingerprint density at radius 1 is 0.673 bits per heavy atom. The van der Waals surface area contributed by atoms with Crippen LogP contribution in [0.4, 0.5) is 0 Å². The molecule has 3 amide bonds. The van der Waals surface area contributed by atoms with E-state index in [-0.39, 0.29) is 37.1 Å². The zero-order valence-corrected chi connectivity index (χ0v) is 32.5. The average Bonchev–Trinajstić information content (AvgIpc) is 3.88. The molecule has 3 saturated heterocycles. The average molecular weight is 747 g/mol. The fourth-order valence-corrected chi connectivity index (χ4v) is 10.0. The van der Waals surface area contributed by atoms with E-state index < -0.39 is 29.6 Å². The van der Waals surface area contributed by atoms with Gasteiger partial charge in [-0.1, -0.05) is 110 Å². The minimum atomic E-state index is -0.852. The van der Waals surface area contributed by atoms with Gasteiger partial charge in [0.25, 0.3) is 0 Å². The number of amides is 3. The number of nitrogens with zero attached hydrogens (tertiary/aromatic N) is 3. The number of nitrogens with one attached hydrogen (secondary N) is 1. The van der Waals surface area contributed by atoms with Gasteiger partial charge in [0.05, 0.1) is 12.0 Å². The lowest BCUT2D eigenvalue weighted by Crippen LogP contribution is -2.54. The first-order valence-electron chi connectivity index (χ1n) is 20.8. The van der Waals surface area contributed by atoms with E-state index in [1.54, 1.807) is 9.80 Å². The number of likely N-dealkylation sites (tertiary alicyclic amines) is 3. The molecular formula is C46H58N4O5. The molecule has 3 aromatic rings. The van der Waals surface area contributed by atoms with E-state index >= 15 is 0 Å². The minimum absolute atomic E-state index is 0.0602. The summed E-state index contributed by atoms with van der Waals surface area (Å²) in [5.41, 5.74) is 2.04. The molecule has 4 atom stereocenters. The molecule has 1 saturated carbocycles. The van der Waals surface area contributed by atoms with Crippen LogP contribution in [0.5, 0.6) is 0 Å². The maximum Gasteiger partial charge on any atom is 0.302 e. The summed E-state index contributed by atoms with van der Waals surface area (Å²) in [5, 5.41) is 3.24. The first kappa shape index (κ1) is 38.8. The Bertz CT molecular complexity index is 1650. The third-order valence-electron chi connectivity index (χ3n) is 12.7. The van der Waals surface area contributed by atoms with Crippen LogP contribution >= 0.6 is 0 Å². The van der Waals surface area contributed by atoms with Crippen molar-refractivity contribution in [3.63, 3.8) is 0 Å². The lowest BCUT2D eigenvalue weighted by molar-refractivity contribution is -0.147. The number of carbonyl (C=O) groups excluding carboxylic acids is 4. The first-order chi connectivity index (χ1) is 26.8. The van der Waals surface area contributed by atoms with Crippen molar-refractivity contribution in [1.82, 2.24) is 20.0 Å². The van der Waals surface area contributed by atoms with Crippen molar-refractivity contribution in [2.75, 3.05) is 39.3 Å². The molecule has 55 heavy (non-hydrogen) atoms. The first-order valence-corrected chi connectivity index (χ1v) is 20.8. The van der Waals surface area contributed by atoms with E-state index in [1.165, 1.54) is 45.6 Å². The van der Waals surface area contributed by atoms with Gasteiger partial charge in [0, 0.05) is 45.9 Å². The number of benzene rings is 3. The standard InChI is InChI=1S/C46H58N4O5/c1-34(51)55-40-28-42(45(54)49-27-15-25-41(49)44(53)47-30-36-18-14-26-48(32-36)31-35-16-6-2-7-17-35)50(33-40)43(52)29-46(37-19-8-3-9-20-37,38-21-10-4-11-22-38)39-23-12-5-13-24-39/h3-5,8-13,19-24,35-36,40-42H,2,6-7,14-18,25-33H2,1H3,(H,47,53)/t36-,40-,41-,42+/m1/s1. The summed E-state index contributed by atoms with van der Waals surface area (Å²) in [7, 11) is 0. The van der Waals surface area contributed by atoms with Gasteiger partial charge in [-0.3, -0.25) is 19.2 Å². The number of esters is 1. The lowest BCUT2D eigenvalue weighted by atomic mass is 9.67. The molecule has 4 fully saturated rings. The summed E-state index contributed by atoms with van der Waals surface area (Å²) in [6, 6.07) is 28.7. The molecule has 0 aromatic heterocycles. The number of hydrogen-bond acceptors (Lipinski definition) is 6. The van der Waals surface area contributed by atoms with E-state index in [4.69, 9.17) is 4.74 Å². The second-order valence-electron chi connectivity index (χ2n) is 16.4. The van der Waals surface area contributed by atoms with Crippen LogP contribution < -0.4 is 5.32 Å². The van der Waals surface area contributed by atoms with Crippen molar-refractivity contribution in [1.29, 1.82) is 0 Å². The van der Waals surface area contributed by atoms with Crippen LogP contribution in [0.15, 0.2) is 91.0 Å². The van der Waals surface area contributed by atoms with Crippen molar-refractivity contribution in [2.45, 2.75) is 101 Å². The minimum Gasteiger partial charge on any atom is -0.461 e. The van der Waals surface area contributed by atoms with E-state index in [9.17, 15) is 19.2 Å². The van der Waals surface area contributed by atoms with Gasteiger partial charge in [0.2, 0.25) is 17.7 Å². The molecule has 9 heteroatoms. The number of carbonyl (C=O) groups is 4. The maximum absolute atomic E-state index is 14.9. The van der Waals surface area contributed by atoms with Gasteiger partial charge >= 0.3 is 5.97 Å². The summed E-state index contributed by atoms with van der Waals surface area (Å²) in [6.07, 6.45) is 9.93. The molecule has 1 N–H and O–H groups in total. The molecule has 0 radical (unpaired) electrons. The second-order valence-corrected chi connectivity index (χ2v) is 16.4. The highest BCUT2D eigenvalue weighted by Gasteiger charge is 2.48. The number of ether oxygens (including phenoxy) is 1. The van der Waals surface area contributed by atoms with Gasteiger partial charge in [0.15, 0.2) is 0 Å². The maximum atomic E-state index is 14.9. The molecule has 4 aliphatic rings. The Kier molecular flexibility index (Phi) is 12.7. The van der Waals surface area contributed by atoms with E-state index in [2.05, 4.69) is 46.6 Å². The quantitative estimate of drug-likeness (QED) is 0.172. The molecule has 7 rings (SSSR count). The summed E-state index contributed by atoms with van der Waals surface area (Å²) in [6.45, 7) is 5.86. The highest BCUT2D eigenvalue weighted by molar-refractivity contribution is 5.93. The summed E-state index contributed by atoms with van der Waals surface area (Å²) >= 11 is 0. The highest BCUT2D eigenvalue weighted by atomic mass is 16.5. The monoisotopic (exact) mass is 746 g/mol. The predicted octanol–water partition coefficient (Wildman–Crippen LogP) is 6.34. The summed E-state index contributed by atoms with van der Waals surface area (Å²) < 4.78 is 5.67. The zero-order chi connectivity index (χ0) is 38.2. The van der Waals surface area contributed by atoms with E-state index in [1.807, 2.05) is 54.6 Å². The van der Waals surface area contributed by atoms with Gasteiger partial charge in [-0.05, 0) is 73.6 Å². The molecule has 3 heterocycles. The SMILES string of the molecule is CC(=O)O[C@@H]1C[C@@H](C(=O)N2CCC[C@@H]2C(=O)NC[C@H]2CCCN(CC3CCCCC3)C2)N(C(=O)CC(c2ccccc2)(c2ccccc2)c2ccccc2)C1. The topological polar surface area (TPSA) is 99.3 Å². The number of rotatable bonds is 12. The molecule has 3 aromatic carbocycles. The van der Waals surface area contributed by atoms with Crippen molar-refractivity contribution in [3.05, 3.63) is 108 Å². The molecule has 3 aliphatic heterocycles. The van der Waals surface area contributed by atoms with Gasteiger partial charge in [0.1, 0.15) is 18.2 Å². The molecule has 292 valence electrons. The Hall–Kier alpha value is -4.50. The zero-order valence-electron chi connectivity index (χ0n) is 32.5. The van der Waals surface area contributed by atoms with Crippen molar-refractivity contribution in [3.8, 4) is 0 Å². The predicted molar refractivity (Wildman–Crippen MR) is 213 cm³/mol. The van der Waals surface area contributed by atoms with E-state index in [0.29, 0.717) is 25.4 Å². The van der Waals surface area contributed by atoms with Crippen LogP contribution in [-0.4, -0.2) is 95.8 Å². The molecule has 9 nitrogen and oxygen atoms in total. The van der Waals surface area contributed by atoms with Crippen molar-refractivity contribution in [2.24, 2.45) is 11.8 Å². The van der Waals surface area contributed by atoms with E-state index in [0.717, 1.165) is 55.0 Å². The largest absolute Gasteiger partial charge is 0.461 e. The molecule has 0 bridgehead atoms. The van der Waals surface area contributed by atoms with Crippen LogP contribution in [0.2, 0.25) is 0 Å². The Morgan fingerprint density at radius 3 is 1.85 bits per heavy atom. The number of hydrogen-bond donors (Lipinski definition) is 1. The Labute approximate surface area is 326 Å². The molecule has 1 aliphatic carbocycles. The summed E-state index contributed by atoms with van der Waals surface area (Å²) in [4.78, 5) is 61.5. The fourth-order valence-electron chi connectivity index (χ4n) is 10.0. The van der Waals surface area contributed by atoms with Crippen molar-refractivity contribution < 1.29 is 23.9 Å². The third kappa shape index (κ3) is 8.98. The molecular weight excluding hydrogens is 689 g/mol. The number of piperidine rings is 1. The lowest BCUT2D eigenvalue weighted by Gasteiger charge is -2.38. The smallest absolute Gasteiger partial charge is 0.302 e. The van der Waals surface area contributed by atoms with Gasteiger partial charge in [-0.2, -0.15) is 0 Å². The normalized spacial score (nSPS) is 23.7.